The number of benzene rings is 2. The number of Topliss-reactive ketones (excluding diaryl/α,β-unsaturated/α-hetero) is 1. The van der Waals surface area contributed by atoms with Gasteiger partial charge in [-0.3, -0.25) is 14.5 Å². The second kappa shape index (κ2) is 11.8. The highest BCUT2D eigenvalue weighted by atomic mass is 79.9. The second-order valence-corrected chi connectivity index (χ2v) is 12.3. The highest BCUT2D eigenvalue weighted by molar-refractivity contribution is 9.10. The van der Waals surface area contributed by atoms with Gasteiger partial charge in [-0.2, -0.15) is 5.26 Å². The molecule has 3 aromatic rings. The van der Waals surface area contributed by atoms with Crippen LogP contribution in [0.5, 0.6) is 5.75 Å². The number of thioether (sulfide) groups is 1. The van der Waals surface area contributed by atoms with Crippen LogP contribution in [0.3, 0.4) is 0 Å². The molecule has 204 valence electrons. The molecule has 0 radical (unpaired) electrons. The standard InChI is InChI=1S/C28H25BrN6O3S2/c1-15-9-10-20(19(29)11-15)32-23(37)14-39-28-34-33-27(40-28)35-21-7-4-8-22(36)25(21)24(18(13-30)26(35)31)16-5-3-6-17(12-16)38-2/h3,5-6,9-12,24H,4,7-8,14,31H2,1-2H3,(H,32,37). The summed E-state index contributed by atoms with van der Waals surface area (Å²) < 4.78 is 6.77. The molecule has 9 nitrogen and oxygen atoms in total. The summed E-state index contributed by atoms with van der Waals surface area (Å²) in [6, 6.07) is 15.3. The number of aryl methyl sites for hydroxylation is 1. The Labute approximate surface area is 248 Å². The van der Waals surface area contributed by atoms with E-state index in [2.05, 4.69) is 37.5 Å². The molecule has 12 heteroatoms. The fourth-order valence-corrected chi connectivity index (χ4v) is 7.12. The van der Waals surface area contributed by atoms with Crippen molar-refractivity contribution in [2.45, 2.75) is 36.4 Å². The average Bonchev–Trinajstić information content (AvgIpc) is 3.41. The van der Waals surface area contributed by atoms with Gasteiger partial charge in [-0.1, -0.05) is 41.3 Å². The molecule has 0 saturated carbocycles. The zero-order valence-corrected chi connectivity index (χ0v) is 25.0. The fraction of sp³-hybridized carbons (Fsp3) is 0.250. The van der Waals surface area contributed by atoms with Crippen molar-refractivity contribution in [3.63, 3.8) is 0 Å². The van der Waals surface area contributed by atoms with Crippen LogP contribution in [0.2, 0.25) is 0 Å². The molecule has 1 unspecified atom stereocenters. The number of rotatable bonds is 7. The van der Waals surface area contributed by atoms with E-state index < -0.39 is 5.92 Å². The molecule has 2 aliphatic rings. The van der Waals surface area contributed by atoms with Crippen molar-refractivity contribution < 1.29 is 14.3 Å². The Morgan fingerprint density at radius 2 is 2.12 bits per heavy atom. The van der Waals surface area contributed by atoms with Gasteiger partial charge in [0.25, 0.3) is 0 Å². The number of methoxy groups -OCH3 is 1. The van der Waals surface area contributed by atoms with E-state index >= 15 is 0 Å². The summed E-state index contributed by atoms with van der Waals surface area (Å²) in [5, 5.41) is 22.1. The summed E-state index contributed by atoms with van der Waals surface area (Å²) in [5.41, 5.74) is 10.7. The summed E-state index contributed by atoms with van der Waals surface area (Å²) in [4.78, 5) is 27.6. The lowest BCUT2D eigenvalue weighted by molar-refractivity contribution is -0.116. The van der Waals surface area contributed by atoms with Crippen molar-refractivity contribution in [1.82, 2.24) is 10.2 Å². The van der Waals surface area contributed by atoms with Crippen LogP contribution in [0.1, 0.15) is 36.3 Å². The molecule has 1 aliphatic heterocycles. The summed E-state index contributed by atoms with van der Waals surface area (Å²) in [6.07, 6.45) is 1.68. The van der Waals surface area contributed by atoms with Gasteiger partial charge in [-0.25, -0.2) is 0 Å². The van der Waals surface area contributed by atoms with Crippen LogP contribution < -0.4 is 20.7 Å². The smallest absolute Gasteiger partial charge is 0.234 e. The number of nitriles is 1. The third-order valence-electron chi connectivity index (χ3n) is 6.65. The third-order valence-corrected chi connectivity index (χ3v) is 9.35. The summed E-state index contributed by atoms with van der Waals surface area (Å²) in [5.74, 6) is 0.195. The number of nitrogens with two attached hydrogens (primary N) is 1. The predicted octanol–water partition coefficient (Wildman–Crippen LogP) is 5.65. The molecule has 0 spiro atoms. The molecule has 1 aromatic heterocycles. The van der Waals surface area contributed by atoms with Crippen LogP contribution in [-0.2, 0) is 9.59 Å². The molecule has 0 saturated heterocycles. The van der Waals surface area contributed by atoms with Gasteiger partial charge < -0.3 is 15.8 Å². The first-order chi connectivity index (χ1) is 19.3. The number of ketones is 1. The maximum Gasteiger partial charge on any atom is 0.234 e. The topological polar surface area (TPSA) is 134 Å². The number of nitrogens with zero attached hydrogens (tertiary/aromatic N) is 4. The van der Waals surface area contributed by atoms with Gasteiger partial charge in [0.1, 0.15) is 11.6 Å². The maximum atomic E-state index is 13.3. The van der Waals surface area contributed by atoms with Crippen LogP contribution in [0, 0.1) is 18.3 Å². The Morgan fingerprint density at radius 3 is 2.88 bits per heavy atom. The molecule has 5 rings (SSSR count). The molecular formula is C28H25BrN6O3S2. The van der Waals surface area contributed by atoms with Crippen LogP contribution in [0.4, 0.5) is 10.8 Å². The molecule has 0 fully saturated rings. The van der Waals surface area contributed by atoms with Gasteiger partial charge in [0, 0.05) is 22.2 Å². The zero-order chi connectivity index (χ0) is 28.4. The number of allylic oxidation sites excluding steroid dienone is 3. The quantitative estimate of drug-likeness (QED) is 0.315. The molecule has 40 heavy (non-hydrogen) atoms. The number of anilines is 2. The van der Waals surface area contributed by atoms with Gasteiger partial charge in [0.15, 0.2) is 10.1 Å². The molecule has 0 bridgehead atoms. The Hall–Kier alpha value is -3.66. The minimum atomic E-state index is -0.592. The first-order valence-corrected chi connectivity index (χ1v) is 15.0. The molecule has 1 aliphatic carbocycles. The van der Waals surface area contributed by atoms with Gasteiger partial charge in [-0.05, 0) is 71.1 Å². The molecule has 2 aromatic carbocycles. The van der Waals surface area contributed by atoms with Gasteiger partial charge in [0.2, 0.25) is 11.0 Å². The second-order valence-electron chi connectivity index (χ2n) is 9.26. The number of ether oxygens (including phenoxy) is 1. The van der Waals surface area contributed by atoms with Crippen LogP contribution in [0.15, 0.2) is 73.9 Å². The number of amides is 1. The predicted molar refractivity (Wildman–Crippen MR) is 159 cm³/mol. The number of aromatic nitrogens is 2. The number of hydrogen-bond acceptors (Lipinski definition) is 10. The van der Waals surface area contributed by atoms with Gasteiger partial charge in [0.05, 0.1) is 36.1 Å². The van der Waals surface area contributed by atoms with E-state index in [0.29, 0.717) is 45.7 Å². The van der Waals surface area contributed by atoms with Crippen molar-refractivity contribution in [3.8, 4) is 11.8 Å². The first kappa shape index (κ1) is 27.9. The lowest BCUT2D eigenvalue weighted by Crippen LogP contribution is -2.38. The Kier molecular flexibility index (Phi) is 8.25. The minimum absolute atomic E-state index is 0.0163. The normalized spacial score (nSPS) is 17.0. The molecule has 1 atom stereocenters. The zero-order valence-electron chi connectivity index (χ0n) is 21.7. The largest absolute Gasteiger partial charge is 0.497 e. The van der Waals surface area contributed by atoms with Crippen LogP contribution in [-0.4, -0.2) is 34.8 Å². The Morgan fingerprint density at radius 1 is 1.30 bits per heavy atom. The summed E-state index contributed by atoms with van der Waals surface area (Å²) in [6.45, 7) is 1.98. The number of nitrogens with one attached hydrogen (secondary N) is 1. The summed E-state index contributed by atoms with van der Waals surface area (Å²) in [7, 11) is 1.57. The highest BCUT2D eigenvalue weighted by Gasteiger charge is 2.41. The van der Waals surface area contributed by atoms with Crippen molar-refractivity contribution in [1.29, 1.82) is 5.26 Å². The maximum absolute atomic E-state index is 13.3. The SMILES string of the molecule is COc1cccc(C2C(C#N)=C(N)N(c3nnc(SCC(=O)Nc4ccc(C)cc4Br)s3)C3=C2C(=O)CCC3)c1. The lowest BCUT2D eigenvalue weighted by atomic mass is 9.76. The average molecular weight is 638 g/mol. The first-order valence-electron chi connectivity index (χ1n) is 12.4. The van der Waals surface area contributed by atoms with E-state index in [1.54, 1.807) is 12.0 Å². The van der Waals surface area contributed by atoms with Crippen molar-refractivity contribution >= 4 is 61.5 Å². The summed E-state index contributed by atoms with van der Waals surface area (Å²) >= 11 is 5.98. The number of carbonyl (C=O) groups excluding carboxylic acids is 2. The Balaban J connectivity index is 1.42. The number of halogens is 1. The van der Waals surface area contributed by atoms with Crippen molar-refractivity contribution in [2.24, 2.45) is 5.73 Å². The molecule has 2 heterocycles. The van der Waals surface area contributed by atoms with Crippen LogP contribution in [0.25, 0.3) is 0 Å². The van der Waals surface area contributed by atoms with Gasteiger partial charge in [-0.15, -0.1) is 10.2 Å². The minimum Gasteiger partial charge on any atom is -0.497 e. The van der Waals surface area contributed by atoms with Crippen molar-refractivity contribution in [3.05, 3.63) is 80.7 Å². The van der Waals surface area contributed by atoms with E-state index in [0.717, 1.165) is 21.3 Å². The van der Waals surface area contributed by atoms with E-state index in [4.69, 9.17) is 10.5 Å². The molecule has 3 N–H and O–H groups in total. The number of carbonyl (C=O) groups is 2. The van der Waals surface area contributed by atoms with E-state index in [-0.39, 0.29) is 28.8 Å². The van der Waals surface area contributed by atoms with Crippen LogP contribution >= 0.6 is 39.0 Å². The van der Waals surface area contributed by atoms with Crippen molar-refractivity contribution in [2.75, 3.05) is 23.1 Å². The number of hydrogen-bond donors (Lipinski definition) is 2. The third kappa shape index (κ3) is 5.50. The lowest BCUT2D eigenvalue weighted by Gasteiger charge is -2.38. The van der Waals surface area contributed by atoms with E-state index in [9.17, 15) is 14.9 Å². The fourth-order valence-electron chi connectivity index (χ4n) is 4.85. The van der Waals surface area contributed by atoms with E-state index in [1.165, 1.54) is 23.1 Å². The van der Waals surface area contributed by atoms with Gasteiger partial charge >= 0.3 is 0 Å². The van der Waals surface area contributed by atoms with E-state index in [1.807, 2.05) is 49.4 Å². The molecular weight excluding hydrogens is 612 g/mol. The molecule has 1 amide bonds. The highest BCUT2D eigenvalue weighted by Crippen LogP contribution is 2.47. The monoisotopic (exact) mass is 636 g/mol. The Bertz CT molecular complexity index is 1610.